The van der Waals surface area contributed by atoms with E-state index in [9.17, 15) is 4.79 Å². The zero-order chi connectivity index (χ0) is 15.7. The minimum Gasteiger partial charge on any atom is -0.456 e. The van der Waals surface area contributed by atoms with Crippen molar-refractivity contribution in [3.8, 4) is 0 Å². The maximum Gasteiger partial charge on any atom is 0.361 e. The molecule has 0 aromatic carbocycles. The lowest BCUT2D eigenvalue weighted by Crippen LogP contribution is -2.46. The van der Waals surface area contributed by atoms with E-state index in [1.54, 1.807) is 33.8 Å². The quantitative estimate of drug-likeness (QED) is 0.867. The maximum atomic E-state index is 12.5. The van der Waals surface area contributed by atoms with Gasteiger partial charge in [0.1, 0.15) is 16.6 Å². The number of carbonyl (C=O) groups is 1. The molecule has 2 heterocycles. The molecule has 112 valence electrons. The van der Waals surface area contributed by atoms with Crippen molar-refractivity contribution in [2.45, 2.75) is 39.0 Å². The Kier molecular flexibility index (Phi) is 3.95. The van der Waals surface area contributed by atoms with Crippen molar-refractivity contribution in [3.05, 3.63) is 29.3 Å². The van der Waals surface area contributed by atoms with Gasteiger partial charge in [0.25, 0.3) is 5.66 Å². The molecule has 1 atom stereocenters. The summed E-state index contributed by atoms with van der Waals surface area (Å²) in [6.07, 6.45) is 4.41. The van der Waals surface area contributed by atoms with Crippen LogP contribution in [-0.2, 0) is 9.53 Å². The number of hydrogen-bond donors (Lipinski definition) is 1. The average molecular weight is 310 g/mol. The topological polar surface area (TPSA) is 88.8 Å². The molecule has 0 radical (unpaired) electrons. The fourth-order valence-electron chi connectivity index (χ4n) is 1.68. The van der Waals surface area contributed by atoms with E-state index in [0.717, 1.165) is 0 Å². The number of esters is 1. The molecule has 1 aliphatic rings. The summed E-state index contributed by atoms with van der Waals surface area (Å²) in [4.78, 5) is 20.4. The molecule has 1 aliphatic heterocycles. The summed E-state index contributed by atoms with van der Waals surface area (Å²) in [5, 5.41) is 11.0. The molecule has 1 N–H and O–H groups in total. The van der Waals surface area contributed by atoms with Crippen molar-refractivity contribution in [3.63, 3.8) is 0 Å². The largest absolute Gasteiger partial charge is 0.456 e. The molecule has 0 amide bonds. The first kappa shape index (κ1) is 15.4. The molecular weight excluding hydrogens is 294 g/mol. The summed E-state index contributed by atoms with van der Waals surface area (Å²) in [5.74, 6) is -0.268. The molecule has 0 saturated carbocycles. The summed E-state index contributed by atoms with van der Waals surface area (Å²) in [5.41, 5.74) is -1.49. The molecule has 1 aromatic rings. The Bertz CT molecular complexity index is 623. The molecular formula is C13H16ClN5O2. The van der Waals surface area contributed by atoms with E-state index in [2.05, 4.69) is 25.5 Å². The predicted octanol–water partition coefficient (Wildman–Crippen LogP) is 2.95. The Balaban J connectivity index is 2.31. The highest BCUT2D eigenvalue weighted by Gasteiger charge is 2.43. The van der Waals surface area contributed by atoms with E-state index in [1.165, 1.54) is 12.4 Å². The van der Waals surface area contributed by atoms with E-state index in [4.69, 9.17) is 16.3 Å². The summed E-state index contributed by atoms with van der Waals surface area (Å²) in [6.45, 7) is 7.07. The van der Waals surface area contributed by atoms with Gasteiger partial charge in [-0.25, -0.2) is 9.78 Å². The fraction of sp³-hybridized carbons (Fsp3) is 0.462. The molecule has 8 heteroatoms. The van der Waals surface area contributed by atoms with E-state index < -0.39 is 17.2 Å². The molecule has 0 spiro atoms. The molecule has 0 aliphatic carbocycles. The molecule has 0 fully saturated rings. The van der Waals surface area contributed by atoms with Crippen LogP contribution in [0, 0.1) is 0 Å². The number of nitrogens with zero attached hydrogens (tertiary/aromatic N) is 4. The fourth-order valence-corrected chi connectivity index (χ4v) is 1.83. The highest BCUT2D eigenvalue weighted by Crippen LogP contribution is 2.28. The number of anilines is 1. The molecule has 2 rings (SSSR count). The third-order valence-corrected chi connectivity index (χ3v) is 2.60. The molecule has 21 heavy (non-hydrogen) atoms. The number of azo groups is 1. The first-order chi connectivity index (χ1) is 9.70. The number of carbonyl (C=O) groups excluding carboxylic acids is 1. The normalized spacial score (nSPS) is 21.1. The standard InChI is InChI=1S/C13H16ClN5O2/c1-8-5-13(19-18-8,11(20)21-12(2,3)4)17-10-7-15-6-9(14)16-10/h5-7H,1-4H3,(H,16,17). The van der Waals surface area contributed by atoms with Crippen LogP contribution in [0.5, 0.6) is 0 Å². The maximum absolute atomic E-state index is 12.5. The third kappa shape index (κ3) is 3.75. The van der Waals surface area contributed by atoms with Crippen LogP contribution in [0.1, 0.15) is 27.7 Å². The van der Waals surface area contributed by atoms with Crippen molar-refractivity contribution in [2.24, 2.45) is 10.2 Å². The zero-order valence-corrected chi connectivity index (χ0v) is 13.0. The number of ether oxygens (including phenoxy) is 1. The second-order valence-electron chi connectivity index (χ2n) is 5.61. The summed E-state index contributed by atoms with van der Waals surface area (Å²) in [6, 6.07) is 0. The summed E-state index contributed by atoms with van der Waals surface area (Å²) in [7, 11) is 0. The number of nitrogens with one attached hydrogen (secondary N) is 1. The molecule has 7 nitrogen and oxygen atoms in total. The summed E-state index contributed by atoms with van der Waals surface area (Å²) < 4.78 is 5.39. The van der Waals surface area contributed by atoms with Crippen molar-refractivity contribution in [1.29, 1.82) is 0 Å². The van der Waals surface area contributed by atoms with Gasteiger partial charge in [0.05, 0.1) is 18.1 Å². The highest BCUT2D eigenvalue weighted by atomic mass is 35.5. The van der Waals surface area contributed by atoms with Gasteiger partial charge in [-0.05, 0) is 33.8 Å². The number of rotatable bonds is 3. The predicted molar refractivity (Wildman–Crippen MR) is 77.9 cm³/mol. The minimum absolute atomic E-state index is 0.204. The number of halogens is 1. The average Bonchev–Trinajstić information content (AvgIpc) is 2.70. The van der Waals surface area contributed by atoms with Crippen LogP contribution >= 0.6 is 11.6 Å². The van der Waals surface area contributed by atoms with Crippen LogP contribution in [0.15, 0.2) is 34.4 Å². The van der Waals surface area contributed by atoms with Crippen LogP contribution < -0.4 is 5.32 Å². The van der Waals surface area contributed by atoms with Gasteiger partial charge >= 0.3 is 5.97 Å². The van der Waals surface area contributed by atoms with Crippen molar-refractivity contribution in [1.82, 2.24) is 9.97 Å². The van der Waals surface area contributed by atoms with E-state index >= 15 is 0 Å². The lowest BCUT2D eigenvalue weighted by Gasteiger charge is -2.27. The third-order valence-electron chi connectivity index (χ3n) is 2.42. The van der Waals surface area contributed by atoms with Gasteiger partial charge in [-0.2, -0.15) is 5.11 Å². The lowest BCUT2D eigenvalue weighted by atomic mass is 10.1. The van der Waals surface area contributed by atoms with Crippen molar-refractivity contribution >= 4 is 23.4 Å². The van der Waals surface area contributed by atoms with Crippen LogP contribution in [-0.4, -0.2) is 27.2 Å². The number of allylic oxidation sites excluding steroid dienone is 1. The van der Waals surface area contributed by atoms with Crippen LogP contribution in [0.2, 0.25) is 5.15 Å². The van der Waals surface area contributed by atoms with E-state index in [-0.39, 0.29) is 5.15 Å². The van der Waals surface area contributed by atoms with Gasteiger partial charge in [-0.1, -0.05) is 11.6 Å². The Morgan fingerprint density at radius 1 is 1.38 bits per heavy atom. The number of aromatic nitrogens is 2. The first-order valence-electron chi connectivity index (χ1n) is 6.32. The van der Waals surface area contributed by atoms with Crippen molar-refractivity contribution < 1.29 is 9.53 Å². The monoisotopic (exact) mass is 309 g/mol. The smallest absolute Gasteiger partial charge is 0.361 e. The molecule has 1 aromatic heterocycles. The van der Waals surface area contributed by atoms with Crippen molar-refractivity contribution in [2.75, 3.05) is 5.32 Å². The van der Waals surface area contributed by atoms with Gasteiger partial charge in [0.2, 0.25) is 0 Å². The molecule has 0 saturated heterocycles. The van der Waals surface area contributed by atoms with Gasteiger partial charge in [-0.15, -0.1) is 5.11 Å². The first-order valence-corrected chi connectivity index (χ1v) is 6.69. The van der Waals surface area contributed by atoms with E-state index in [0.29, 0.717) is 11.5 Å². The summed E-state index contributed by atoms with van der Waals surface area (Å²) >= 11 is 5.79. The SMILES string of the molecule is CC1=CC(Nc2cncc(Cl)n2)(C(=O)OC(C)(C)C)N=N1. The number of hydrogen-bond acceptors (Lipinski definition) is 7. The minimum atomic E-state index is -1.45. The van der Waals surface area contributed by atoms with Crippen LogP contribution in [0.4, 0.5) is 5.82 Å². The lowest BCUT2D eigenvalue weighted by molar-refractivity contribution is -0.158. The molecule has 1 unspecified atom stereocenters. The second-order valence-corrected chi connectivity index (χ2v) is 5.99. The van der Waals surface area contributed by atoms with Gasteiger partial charge < -0.3 is 10.1 Å². The Morgan fingerprint density at radius 2 is 2.10 bits per heavy atom. The Labute approximate surface area is 127 Å². The Morgan fingerprint density at radius 3 is 2.62 bits per heavy atom. The van der Waals surface area contributed by atoms with Gasteiger partial charge in [-0.3, -0.25) is 4.98 Å². The molecule has 0 bridgehead atoms. The van der Waals surface area contributed by atoms with Gasteiger partial charge in [0, 0.05) is 0 Å². The zero-order valence-electron chi connectivity index (χ0n) is 12.2. The van der Waals surface area contributed by atoms with Crippen LogP contribution in [0.25, 0.3) is 0 Å². The Hall–Kier alpha value is -2.02. The highest BCUT2D eigenvalue weighted by molar-refractivity contribution is 6.29. The second kappa shape index (κ2) is 5.40. The van der Waals surface area contributed by atoms with Gasteiger partial charge in [0.15, 0.2) is 0 Å². The van der Waals surface area contributed by atoms with E-state index in [1.807, 2.05) is 0 Å². The van der Waals surface area contributed by atoms with Crippen LogP contribution in [0.3, 0.4) is 0 Å².